The van der Waals surface area contributed by atoms with Crippen LogP contribution >= 0.6 is 0 Å². The van der Waals surface area contributed by atoms with E-state index in [2.05, 4.69) is 0 Å². The lowest BCUT2D eigenvalue weighted by Crippen LogP contribution is -2.49. The van der Waals surface area contributed by atoms with E-state index in [1.807, 2.05) is 0 Å². The van der Waals surface area contributed by atoms with Crippen molar-refractivity contribution in [2.24, 2.45) is 0 Å². The third kappa shape index (κ3) is 10.4. The summed E-state index contributed by atoms with van der Waals surface area (Å²) in [5.74, 6) is -2.46. The molecule has 21 heavy (non-hydrogen) atoms. The van der Waals surface area contributed by atoms with Crippen LogP contribution < -0.4 is 10.6 Å². The summed E-state index contributed by atoms with van der Waals surface area (Å²) in [6, 6.07) is -3.03. The predicted octanol–water partition coefficient (Wildman–Crippen LogP) is 1.03. The van der Waals surface area contributed by atoms with Crippen molar-refractivity contribution in [1.82, 2.24) is 10.6 Å². The number of nitrogens with one attached hydrogen (secondary N) is 2. The number of amides is 2. The first-order valence-electron chi connectivity index (χ1n) is 5.86. The van der Waals surface area contributed by atoms with Crippen LogP contribution in [-0.2, 0) is 14.3 Å². The van der Waals surface area contributed by atoms with Crippen molar-refractivity contribution in [3.63, 3.8) is 0 Å². The highest BCUT2D eigenvalue weighted by Gasteiger charge is 2.30. The van der Waals surface area contributed by atoms with Crippen LogP contribution in [0.4, 0.5) is 18.0 Å². The van der Waals surface area contributed by atoms with Gasteiger partial charge >= 0.3 is 24.1 Å². The molecule has 0 heterocycles. The molecule has 0 aliphatic heterocycles. The van der Waals surface area contributed by atoms with Crippen molar-refractivity contribution in [3.05, 3.63) is 0 Å². The van der Waals surface area contributed by atoms with E-state index in [0.717, 1.165) is 0 Å². The number of rotatable bonds is 5. The van der Waals surface area contributed by atoms with E-state index < -0.39 is 48.8 Å². The molecule has 7 nitrogen and oxygen atoms in total. The summed E-state index contributed by atoms with van der Waals surface area (Å²) in [7, 11) is 0. The van der Waals surface area contributed by atoms with Gasteiger partial charge in [0.25, 0.3) is 0 Å². The van der Waals surface area contributed by atoms with Gasteiger partial charge in [0.05, 0.1) is 6.42 Å². The third-order valence-electron chi connectivity index (χ3n) is 1.84. The van der Waals surface area contributed by atoms with Crippen molar-refractivity contribution >= 4 is 18.0 Å². The molecule has 0 saturated heterocycles. The Bertz CT molecular complexity index is 404. The Labute approximate surface area is 118 Å². The molecule has 0 fully saturated rings. The molecular formula is C11H17F3N2O5. The van der Waals surface area contributed by atoms with E-state index in [0.29, 0.717) is 0 Å². The number of halogens is 3. The topological polar surface area (TPSA) is 105 Å². The molecule has 0 aromatic heterocycles. The second-order valence-corrected chi connectivity index (χ2v) is 5.12. The molecule has 122 valence electrons. The molecule has 2 amide bonds. The van der Waals surface area contributed by atoms with Crippen LogP contribution in [0.15, 0.2) is 0 Å². The Balaban J connectivity index is 4.47. The standard InChI is InChI=1S/C11H17F3N2O5/c1-10(2,3)21-7(17)4-6(8(18)19)16-9(20)15-5-11(12,13)14/h6H,4-5H2,1-3H3,(H,18,19)(H2,15,16,20)/t6-/m0/s1. The first-order chi connectivity index (χ1) is 9.30. The van der Waals surface area contributed by atoms with Gasteiger partial charge in [-0.05, 0) is 20.8 Å². The predicted molar refractivity (Wildman–Crippen MR) is 64.5 cm³/mol. The summed E-state index contributed by atoms with van der Waals surface area (Å²) in [6.45, 7) is 3.07. The Kier molecular flexibility index (Phi) is 6.46. The van der Waals surface area contributed by atoms with Gasteiger partial charge in [0, 0.05) is 0 Å². The molecule has 0 bridgehead atoms. The number of hydrogen-bond acceptors (Lipinski definition) is 4. The molecule has 0 aliphatic rings. The highest BCUT2D eigenvalue weighted by molar-refractivity contribution is 5.86. The van der Waals surface area contributed by atoms with Crippen molar-refractivity contribution < 1.29 is 37.4 Å². The van der Waals surface area contributed by atoms with Gasteiger partial charge in [-0.3, -0.25) is 4.79 Å². The van der Waals surface area contributed by atoms with Crippen LogP contribution in [0, 0.1) is 0 Å². The minimum absolute atomic E-state index is 0.702. The van der Waals surface area contributed by atoms with Crippen LogP contribution in [-0.4, -0.2) is 47.4 Å². The number of hydrogen-bond donors (Lipinski definition) is 3. The van der Waals surface area contributed by atoms with Gasteiger partial charge in [-0.1, -0.05) is 0 Å². The number of carboxylic acids is 1. The van der Waals surface area contributed by atoms with Crippen LogP contribution in [0.1, 0.15) is 27.2 Å². The number of esters is 1. The normalized spacial score (nSPS) is 13.2. The number of carbonyl (C=O) groups excluding carboxylic acids is 2. The molecule has 0 aliphatic carbocycles. The number of urea groups is 1. The van der Waals surface area contributed by atoms with Crippen molar-refractivity contribution in [1.29, 1.82) is 0 Å². The minimum atomic E-state index is -4.62. The quantitative estimate of drug-likeness (QED) is 0.658. The van der Waals surface area contributed by atoms with E-state index in [9.17, 15) is 27.6 Å². The highest BCUT2D eigenvalue weighted by Crippen LogP contribution is 2.12. The maximum atomic E-state index is 11.9. The highest BCUT2D eigenvalue weighted by atomic mass is 19.4. The Morgan fingerprint density at radius 1 is 1.19 bits per heavy atom. The number of aliphatic carboxylic acids is 1. The van der Waals surface area contributed by atoms with Crippen LogP contribution in [0.25, 0.3) is 0 Å². The molecule has 1 atom stereocenters. The molecule has 3 N–H and O–H groups in total. The van der Waals surface area contributed by atoms with E-state index in [-0.39, 0.29) is 0 Å². The lowest BCUT2D eigenvalue weighted by molar-refractivity contribution is -0.158. The summed E-state index contributed by atoms with van der Waals surface area (Å²) in [6.07, 6.45) is -5.33. The van der Waals surface area contributed by atoms with Gasteiger partial charge in [0.1, 0.15) is 18.2 Å². The molecule has 0 radical (unpaired) electrons. The molecule has 0 unspecified atom stereocenters. The fraction of sp³-hybridized carbons (Fsp3) is 0.727. The lowest BCUT2D eigenvalue weighted by Gasteiger charge is -2.21. The van der Waals surface area contributed by atoms with Crippen molar-refractivity contribution in [3.8, 4) is 0 Å². The lowest BCUT2D eigenvalue weighted by atomic mass is 10.1. The van der Waals surface area contributed by atoms with Crippen LogP contribution in [0.2, 0.25) is 0 Å². The monoisotopic (exact) mass is 314 g/mol. The minimum Gasteiger partial charge on any atom is -0.480 e. The van der Waals surface area contributed by atoms with E-state index in [4.69, 9.17) is 9.84 Å². The average Bonchev–Trinajstić information content (AvgIpc) is 2.21. The Hall–Kier alpha value is -2.00. The fourth-order valence-corrected chi connectivity index (χ4v) is 1.14. The smallest absolute Gasteiger partial charge is 0.405 e. The molecule has 0 aromatic rings. The summed E-state index contributed by atoms with van der Waals surface area (Å²) in [5, 5.41) is 12.0. The first kappa shape index (κ1) is 19.0. The second kappa shape index (κ2) is 7.14. The van der Waals surface area contributed by atoms with Crippen LogP contribution in [0.3, 0.4) is 0 Å². The number of alkyl halides is 3. The fourth-order valence-electron chi connectivity index (χ4n) is 1.14. The zero-order valence-electron chi connectivity index (χ0n) is 11.7. The first-order valence-corrected chi connectivity index (χ1v) is 5.86. The molecule has 0 rings (SSSR count). The van der Waals surface area contributed by atoms with E-state index >= 15 is 0 Å². The largest absolute Gasteiger partial charge is 0.480 e. The summed E-state index contributed by atoms with van der Waals surface area (Å²) in [4.78, 5) is 33.4. The van der Waals surface area contributed by atoms with Crippen LogP contribution in [0.5, 0.6) is 0 Å². The number of carboxylic acid groups (broad SMARTS) is 1. The summed E-state index contributed by atoms with van der Waals surface area (Å²) < 4.78 is 40.5. The molecule has 0 spiro atoms. The van der Waals surface area contributed by atoms with Crippen molar-refractivity contribution in [2.45, 2.75) is 45.0 Å². The number of carbonyl (C=O) groups is 3. The van der Waals surface area contributed by atoms with Gasteiger partial charge < -0.3 is 20.5 Å². The molecular weight excluding hydrogens is 297 g/mol. The molecule has 0 saturated carbocycles. The Morgan fingerprint density at radius 3 is 2.10 bits per heavy atom. The molecule has 10 heteroatoms. The van der Waals surface area contributed by atoms with Crippen molar-refractivity contribution in [2.75, 3.05) is 6.54 Å². The van der Waals surface area contributed by atoms with E-state index in [1.54, 1.807) is 26.1 Å². The number of ether oxygens (including phenoxy) is 1. The SMILES string of the molecule is CC(C)(C)OC(=O)C[C@H](NC(=O)NCC(F)(F)F)C(=O)O. The van der Waals surface area contributed by atoms with Gasteiger partial charge in [0.15, 0.2) is 0 Å². The summed E-state index contributed by atoms with van der Waals surface area (Å²) in [5.41, 5.74) is -0.849. The Morgan fingerprint density at radius 2 is 1.71 bits per heavy atom. The maximum absolute atomic E-state index is 11.9. The molecule has 0 aromatic carbocycles. The third-order valence-corrected chi connectivity index (χ3v) is 1.84. The average molecular weight is 314 g/mol. The zero-order valence-corrected chi connectivity index (χ0v) is 11.7. The van der Waals surface area contributed by atoms with Gasteiger partial charge in [-0.25, -0.2) is 9.59 Å². The van der Waals surface area contributed by atoms with E-state index in [1.165, 1.54) is 5.32 Å². The van der Waals surface area contributed by atoms with Gasteiger partial charge in [-0.2, -0.15) is 13.2 Å². The van der Waals surface area contributed by atoms with Gasteiger partial charge in [-0.15, -0.1) is 0 Å². The zero-order chi connectivity index (χ0) is 16.8. The van der Waals surface area contributed by atoms with Gasteiger partial charge in [0.2, 0.25) is 0 Å². The second-order valence-electron chi connectivity index (χ2n) is 5.12. The maximum Gasteiger partial charge on any atom is 0.405 e. The summed E-state index contributed by atoms with van der Waals surface area (Å²) >= 11 is 0.